The van der Waals surface area contributed by atoms with Crippen molar-refractivity contribution in [3.05, 3.63) is 88.5 Å². The molecule has 4 rings (SSSR count). The van der Waals surface area contributed by atoms with Gasteiger partial charge >= 0.3 is 0 Å². The second-order valence-corrected chi connectivity index (χ2v) is 9.34. The van der Waals surface area contributed by atoms with Crippen LogP contribution in [0.3, 0.4) is 0 Å². The first kappa shape index (κ1) is 25.0. The Kier molecular flexibility index (Phi) is 7.74. The fraction of sp³-hybridized carbons (Fsp3) is 0.267. The number of carbonyl (C=O) groups is 2. The lowest BCUT2D eigenvalue weighted by Crippen LogP contribution is -2.45. The van der Waals surface area contributed by atoms with Crippen molar-refractivity contribution >= 4 is 29.7 Å². The lowest BCUT2D eigenvalue weighted by Gasteiger charge is -2.34. The summed E-state index contributed by atoms with van der Waals surface area (Å²) in [6, 6.07) is 12.0. The SMILES string of the molecule is C=C/C=c1/cc(-c2ccc(C(C)=O)cc2)cc(NC2CCN(C(=O)C3=CC=C(C)NC3)CC2)/c1=C/N. The van der Waals surface area contributed by atoms with Gasteiger partial charge in [0.2, 0.25) is 0 Å². The Morgan fingerprint density at radius 3 is 2.42 bits per heavy atom. The highest BCUT2D eigenvalue weighted by atomic mass is 16.2. The summed E-state index contributed by atoms with van der Waals surface area (Å²) in [5.74, 6) is 0.157. The van der Waals surface area contributed by atoms with E-state index < -0.39 is 0 Å². The summed E-state index contributed by atoms with van der Waals surface area (Å²) in [5.41, 5.74) is 11.6. The van der Waals surface area contributed by atoms with Gasteiger partial charge in [0.05, 0.1) is 0 Å². The average molecular weight is 483 g/mol. The molecule has 0 atom stereocenters. The molecule has 0 radical (unpaired) electrons. The third-order valence-electron chi connectivity index (χ3n) is 6.81. The zero-order valence-corrected chi connectivity index (χ0v) is 21.0. The second kappa shape index (κ2) is 11.1. The lowest BCUT2D eigenvalue weighted by atomic mass is 9.98. The number of Topliss-reactive ketones (excluding diaryl/α,β-unsaturated/α-hetero) is 1. The highest BCUT2D eigenvalue weighted by molar-refractivity contribution is 5.95. The van der Waals surface area contributed by atoms with Crippen LogP contribution in [0.1, 0.15) is 37.0 Å². The third kappa shape index (κ3) is 5.60. The maximum Gasteiger partial charge on any atom is 0.251 e. The zero-order chi connectivity index (χ0) is 25.7. The molecule has 6 nitrogen and oxygen atoms in total. The number of amides is 1. The van der Waals surface area contributed by atoms with E-state index in [0.717, 1.165) is 51.4 Å². The number of dihydropyridines is 1. The monoisotopic (exact) mass is 482 g/mol. The average Bonchev–Trinajstić information content (AvgIpc) is 2.89. The molecule has 0 bridgehead atoms. The molecular formula is C30H34N4O2. The molecule has 2 heterocycles. The molecular weight excluding hydrogens is 448 g/mol. The van der Waals surface area contributed by atoms with Gasteiger partial charge in [-0.15, -0.1) is 0 Å². The van der Waals surface area contributed by atoms with Gasteiger partial charge < -0.3 is 21.3 Å². The van der Waals surface area contributed by atoms with Crippen LogP contribution in [0.4, 0.5) is 5.69 Å². The molecule has 6 heteroatoms. The minimum atomic E-state index is 0.0464. The van der Waals surface area contributed by atoms with Crippen LogP contribution in [0, 0.1) is 0 Å². The first-order valence-electron chi connectivity index (χ1n) is 12.4. The quantitative estimate of drug-likeness (QED) is 0.551. The fourth-order valence-corrected chi connectivity index (χ4v) is 4.68. The van der Waals surface area contributed by atoms with Gasteiger partial charge in [0.25, 0.3) is 5.91 Å². The van der Waals surface area contributed by atoms with Crippen molar-refractivity contribution in [2.75, 3.05) is 25.0 Å². The van der Waals surface area contributed by atoms with Crippen LogP contribution in [0.2, 0.25) is 0 Å². The van der Waals surface area contributed by atoms with Gasteiger partial charge in [0.1, 0.15) is 0 Å². The largest absolute Gasteiger partial charge is 0.404 e. The summed E-state index contributed by atoms with van der Waals surface area (Å²) >= 11 is 0. The van der Waals surface area contributed by atoms with Crippen molar-refractivity contribution in [3.8, 4) is 11.1 Å². The molecule has 2 aromatic rings. The Labute approximate surface area is 212 Å². The molecule has 2 aromatic carbocycles. The number of nitrogens with zero attached hydrogens (tertiary/aromatic N) is 1. The van der Waals surface area contributed by atoms with Crippen molar-refractivity contribution < 1.29 is 9.59 Å². The summed E-state index contributed by atoms with van der Waals surface area (Å²) < 4.78 is 0. The van der Waals surface area contributed by atoms with Crippen LogP contribution < -0.4 is 26.8 Å². The lowest BCUT2D eigenvalue weighted by molar-refractivity contribution is -0.128. The molecule has 0 aromatic heterocycles. The minimum absolute atomic E-state index is 0.0464. The number of nitrogens with one attached hydrogen (secondary N) is 2. The number of allylic oxidation sites excluding steroid dienone is 4. The Morgan fingerprint density at radius 2 is 1.83 bits per heavy atom. The molecule has 36 heavy (non-hydrogen) atoms. The standard InChI is InChI=1S/C30H34N4O2/c1-4-5-24-16-26(23-10-8-22(9-11-23)21(3)35)17-29(28(24)18-31)33-27-12-14-34(15-13-27)30(36)25-7-6-20(2)32-19-25/h4-11,16-18,27,32-33H,1,12-15,19,31H2,2-3H3/b24-5-,28-18+. The van der Waals surface area contributed by atoms with E-state index in [4.69, 9.17) is 5.73 Å². The van der Waals surface area contributed by atoms with Crippen LogP contribution >= 0.6 is 0 Å². The van der Waals surface area contributed by atoms with E-state index in [1.54, 1.807) is 19.2 Å². The maximum absolute atomic E-state index is 12.9. The Hall–Kier alpha value is -4.06. The number of hydrogen-bond donors (Lipinski definition) is 3. The van der Waals surface area contributed by atoms with E-state index in [0.29, 0.717) is 25.2 Å². The number of piperidine rings is 1. The van der Waals surface area contributed by atoms with Gasteiger partial charge in [-0.3, -0.25) is 9.59 Å². The molecule has 2 aliphatic heterocycles. The van der Waals surface area contributed by atoms with Gasteiger partial charge in [-0.2, -0.15) is 0 Å². The highest BCUT2D eigenvalue weighted by Gasteiger charge is 2.25. The number of rotatable bonds is 6. The summed E-state index contributed by atoms with van der Waals surface area (Å²) in [5, 5.41) is 8.81. The van der Waals surface area contributed by atoms with Crippen LogP contribution in [-0.2, 0) is 4.79 Å². The summed E-state index contributed by atoms with van der Waals surface area (Å²) in [4.78, 5) is 26.5. The van der Waals surface area contributed by atoms with E-state index in [9.17, 15) is 9.59 Å². The fourth-order valence-electron chi connectivity index (χ4n) is 4.68. The number of ketones is 1. The van der Waals surface area contributed by atoms with Crippen molar-refractivity contribution in [1.82, 2.24) is 10.2 Å². The third-order valence-corrected chi connectivity index (χ3v) is 6.81. The highest BCUT2D eigenvalue weighted by Crippen LogP contribution is 2.23. The molecule has 1 fully saturated rings. The van der Waals surface area contributed by atoms with Crippen molar-refractivity contribution in [3.63, 3.8) is 0 Å². The molecule has 2 aliphatic rings. The van der Waals surface area contributed by atoms with Crippen LogP contribution in [-0.4, -0.2) is 42.3 Å². The summed E-state index contributed by atoms with van der Waals surface area (Å²) in [7, 11) is 0. The van der Waals surface area contributed by atoms with Crippen molar-refractivity contribution in [2.24, 2.45) is 5.73 Å². The molecule has 1 saturated heterocycles. The molecule has 4 N–H and O–H groups in total. The van der Waals surface area contributed by atoms with Gasteiger partial charge in [-0.1, -0.05) is 49.1 Å². The number of likely N-dealkylation sites (tertiary alicyclic amines) is 1. The van der Waals surface area contributed by atoms with Crippen LogP contribution in [0.5, 0.6) is 0 Å². The van der Waals surface area contributed by atoms with Gasteiger partial charge in [0, 0.05) is 59.6 Å². The first-order chi connectivity index (χ1) is 17.4. The maximum atomic E-state index is 12.9. The molecule has 1 amide bonds. The Balaban J connectivity index is 1.55. The molecule has 0 saturated carbocycles. The number of hydrogen-bond acceptors (Lipinski definition) is 5. The van der Waals surface area contributed by atoms with Gasteiger partial charge in [0.15, 0.2) is 5.78 Å². The number of anilines is 1. The normalized spacial score (nSPS) is 17.2. The van der Waals surface area contributed by atoms with E-state index in [2.05, 4.69) is 29.3 Å². The Bertz CT molecular complexity index is 1340. The minimum Gasteiger partial charge on any atom is -0.404 e. The van der Waals surface area contributed by atoms with E-state index >= 15 is 0 Å². The molecule has 0 aliphatic carbocycles. The predicted molar refractivity (Wildman–Crippen MR) is 148 cm³/mol. The van der Waals surface area contributed by atoms with Crippen molar-refractivity contribution in [1.29, 1.82) is 0 Å². The van der Waals surface area contributed by atoms with E-state index in [1.165, 1.54) is 0 Å². The van der Waals surface area contributed by atoms with E-state index in [-0.39, 0.29) is 17.7 Å². The first-order valence-corrected chi connectivity index (χ1v) is 12.4. The van der Waals surface area contributed by atoms with Crippen molar-refractivity contribution in [2.45, 2.75) is 32.7 Å². The number of nitrogens with two attached hydrogens (primary N) is 1. The number of benzene rings is 2. The molecule has 0 unspecified atom stereocenters. The predicted octanol–water partition coefficient (Wildman–Crippen LogP) is 3.06. The topological polar surface area (TPSA) is 87.5 Å². The molecule has 0 spiro atoms. The second-order valence-electron chi connectivity index (χ2n) is 9.34. The summed E-state index contributed by atoms with van der Waals surface area (Å²) in [6.45, 7) is 9.42. The van der Waals surface area contributed by atoms with Crippen LogP contribution in [0.15, 0.2) is 72.5 Å². The zero-order valence-electron chi connectivity index (χ0n) is 21.0. The van der Waals surface area contributed by atoms with Gasteiger partial charge in [-0.25, -0.2) is 0 Å². The van der Waals surface area contributed by atoms with E-state index in [1.807, 2.05) is 54.3 Å². The van der Waals surface area contributed by atoms with Gasteiger partial charge in [-0.05, 0) is 61.2 Å². The number of carbonyl (C=O) groups excluding carboxylic acids is 2. The smallest absolute Gasteiger partial charge is 0.251 e. The Morgan fingerprint density at radius 1 is 1.11 bits per heavy atom. The summed E-state index contributed by atoms with van der Waals surface area (Å²) in [6.07, 6.45) is 10.9. The van der Waals surface area contributed by atoms with Crippen LogP contribution in [0.25, 0.3) is 23.4 Å². The molecule has 186 valence electrons.